The fraction of sp³-hybridized carbons (Fsp3) is 0.250. The summed E-state index contributed by atoms with van der Waals surface area (Å²) >= 11 is 0. The van der Waals surface area contributed by atoms with E-state index in [2.05, 4.69) is 31.2 Å². The van der Waals surface area contributed by atoms with Crippen molar-refractivity contribution in [1.29, 1.82) is 0 Å². The molecule has 0 saturated carbocycles. The first-order chi connectivity index (χ1) is 9.49. The Morgan fingerprint density at radius 3 is 1.80 bits per heavy atom. The Balaban J connectivity index is 0.000000217. The Morgan fingerprint density at radius 2 is 1.40 bits per heavy atom. The van der Waals surface area contributed by atoms with Gasteiger partial charge in [-0.2, -0.15) is 0 Å². The van der Waals surface area contributed by atoms with Gasteiger partial charge in [-0.15, -0.1) is 0 Å². The van der Waals surface area contributed by atoms with Gasteiger partial charge in [0.1, 0.15) is 0 Å². The van der Waals surface area contributed by atoms with Crippen LogP contribution in [-0.4, -0.2) is 8.42 Å². The summed E-state index contributed by atoms with van der Waals surface area (Å²) in [6, 6.07) is 17.2. The zero-order chi connectivity index (χ0) is 15.0. The first-order valence-corrected chi connectivity index (χ1v) is 8.86. The van der Waals surface area contributed by atoms with Gasteiger partial charge in [-0.05, 0) is 30.0 Å². The highest BCUT2D eigenvalue weighted by molar-refractivity contribution is 8.13. The largest absolute Gasteiger partial charge is 0.261 e. The third-order valence-electron chi connectivity index (χ3n) is 2.87. The molecule has 4 heteroatoms. The van der Waals surface area contributed by atoms with E-state index < -0.39 is 9.05 Å². The molecule has 0 aliphatic heterocycles. The third-order valence-corrected chi connectivity index (χ3v) is 4.29. The Kier molecular flexibility index (Phi) is 6.76. The van der Waals surface area contributed by atoms with Crippen molar-refractivity contribution in [2.45, 2.75) is 31.6 Å². The lowest BCUT2D eigenvalue weighted by Gasteiger charge is -2.01. The van der Waals surface area contributed by atoms with E-state index >= 15 is 0 Å². The Hall–Kier alpha value is -1.32. The molecular weight excluding hydrogens is 292 g/mol. The molecule has 0 amide bonds. The molecule has 0 heterocycles. The van der Waals surface area contributed by atoms with Crippen LogP contribution in [0.25, 0.3) is 0 Å². The summed E-state index contributed by atoms with van der Waals surface area (Å²) in [5.74, 6) is 0. The first kappa shape index (κ1) is 16.7. The van der Waals surface area contributed by atoms with Crippen LogP contribution >= 0.6 is 10.7 Å². The van der Waals surface area contributed by atoms with Crippen LogP contribution < -0.4 is 0 Å². The van der Waals surface area contributed by atoms with Crippen LogP contribution in [0.3, 0.4) is 0 Å². The molecule has 20 heavy (non-hydrogen) atoms. The van der Waals surface area contributed by atoms with Gasteiger partial charge in [0.05, 0.1) is 4.90 Å². The number of halogens is 1. The molecule has 0 aliphatic carbocycles. The van der Waals surface area contributed by atoms with Crippen molar-refractivity contribution in [3.8, 4) is 0 Å². The van der Waals surface area contributed by atoms with Crippen molar-refractivity contribution >= 4 is 19.7 Å². The second-order valence-electron chi connectivity index (χ2n) is 4.24. The van der Waals surface area contributed by atoms with Crippen molar-refractivity contribution < 1.29 is 8.42 Å². The van der Waals surface area contributed by atoms with E-state index in [9.17, 15) is 8.42 Å². The zero-order valence-corrected chi connectivity index (χ0v) is 13.3. The minimum Gasteiger partial charge on any atom is -0.207 e. The number of hydrogen-bond acceptors (Lipinski definition) is 2. The van der Waals surface area contributed by atoms with Gasteiger partial charge in [-0.1, -0.05) is 62.4 Å². The van der Waals surface area contributed by atoms with E-state index in [1.807, 2.05) is 13.0 Å². The maximum Gasteiger partial charge on any atom is 0.261 e. The van der Waals surface area contributed by atoms with E-state index in [4.69, 9.17) is 10.7 Å². The van der Waals surface area contributed by atoms with E-state index in [0.29, 0.717) is 6.42 Å². The summed E-state index contributed by atoms with van der Waals surface area (Å²) < 4.78 is 22.0. The van der Waals surface area contributed by atoms with Crippen molar-refractivity contribution in [2.75, 3.05) is 0 Å². The topological polar surface area (TPSA) is 34.1 Å². The zero-order valence-electron chi connectivity index (χ0n) is 11.7. The average molecular weight is 311 g/mol. The summed E-state index contributed by atoms with van der Waals surface area (Å²) in [6.07, 6.45) is 1.81. The molecule has 0 unspecified atom stereocenters. The van der Waals surface area contributed by atoms with Gasteiger partial charge in [0, 0.05) is 10.7 Å². The lowest BCUT2D eigenvalue weighted by atomic mass is 10.2. The molecule has 0 fully saturated rings. The second-order valence-corrected chi connectivity index (χ2v) is 6.77. The van der Waals surface area contributed by atoms with E-state index in [1.54, 1.807) is 18.2 Å². The Labute approximate surface area is 125 Å². The highest BCUT2D eigenvalue weighted by Crippen LogP contribution is 2.19. The molecule has 0 aromatic heterocycles. The number of benzene rings is 2. The van der Waals surface area contributed by atoms with Crippen molar-refractivity contribution in [3.63, 3.8) is 0 Å². The lowest BCUT2D eigenvalue weighted by molar-refractivity contribution is 0.608. The molecule has 0 aliphatic rings. The fourth-order valence-electron chi connectivity index (χ4n) is 1.75. The predicted molar refractivity (Wildman–Crippen MR) is 84.7 cm³/mol. The van der Waals surface area contributed by atoms with Crippen molar-refractivity contribution in [1.82, 2.24) is 0 Å². The fourth-order valence-corrected chi connectivity index (χ4v) is 2.97. The Morgan fingerprint density at radius 1 is 0.850 bits per heavy atom. The molecular formula is C16H19ClO2S. The van der Waals surface area contributed by atoms with Crippen LogP contribution in [0.5, 0.6) is 0 Å². The average Bonchev–Trinajstić information content (AvgIpc) is 2.48. The van der Waals surface area contributed by atoms with Gasteiger partial charge in [-0.25, -0.2) is 8.42 Å². The highest BCUT2D eigenvalue weighted by Gasteiger charge is 2.12. The SMILES string of the molecule is CCc1ccccc1.CCc1ccccc1S(=O)(=O)Cl. The highest BCUT2D eigenvalue weighted by atomic mass is 35.7. The van der Waals surface area contributed by atoms with Gasteiger partial charge in [0.2, 0.25) is 0 Å². The van der Waals surface area contributed by atoms with Crippen molar-refractivity contribution in [3.05, 3.63) is 65.7 Å². The molecule has 0 bridgehead atoms. The summed E-state index contributed by atoms with van der Waals surface area (Å²) in [6.45, 7) is 4.05. The quantitative estimate of drug-likeness (QED) is 0.786. The summed E-state index contributed by atoms with van der Waals surface area (Å²) in [5.41, 5.74) is 2.17. The van der Waals surface area contributed by atoms with Gasteiger partial charge < -0.3 is 0 Å². The Bertz CT molecular complexity index is 622. The van der Waals surface area contributed by atoms with Crippen LogP contribution in [-0.2, 0) is 21.9 Å². The summed E-state index contributed by atoms with van der Waals surface area (Å²) in [5, 5.41) is 0. The molecule has 108 valence electrons. The summed E-state index contributed by atoms with van der Waals surface area (Å²) in [4.78, 5) is 0.217. The smallest absolute Gasteiger partial charge is 0.207 e. The van der Waals surface area contributed by atoms with Crippen LogP contribution in [0.4, 0.5) is 0 Å². The maximum absolute atomic E-state index is 11.0. The molecule has 0 spiro atoms. The standard InChI is InChI=1S/C8H9ClO2S.C8H10/c1-2-7-5-3-4-6-8(7)12(9,10)11;1-2-8-6-4-3-5-7-8/h3-6H,2H2,1H3;3-7H,2H2,1H3. The van der Waals surface area contributed by atoms with Gasteiger partial charge >= 0.3 is 0 Å². The molecule has 2 rings (SSSR count). The molecule has 2 nitrogen and oxygen atoms in total. The lowest BCUT2D eigenvalue weighted by Crippen LogP contribution is -1.95. The minimum atomic E-state index is -3.57. The molecule has 0 saturated heterocycles. The minimum absolute atomic E-state index is 0.217. The number of rotatable bonds is 3. The van der Waals surface area contributed by atoms with E-state index in [-0.39, 0.29) is 4.90 Å². The summed E-state index contributed by atoms with van der Waals surface area (Å²) in [7, 11) is 1.64. The predicted octanol–water partition coefficient (Wildman–Crippen LogP) is 4.43. The van der Waals surface area contributed by atoms with Gasteiger partial charge in [-0.3, -0.25) is 0 Å². The monoisotopic (exact) mass is 310 g/mol. The maximum atomic E-state index is 11.0. The second kappa shape index (κ2) is 8.08. The third kappa shape index (κ3) is 5.35. The molecule has 0 radical (unpaired) electrons. The van der Waals surface area contributed by atoms with Crippen LogP contribution in [0, 0.1) is 0 Å². The molecule has 2 aromatic carbocycles. The van der Waals surface area contributed by atoms with Gasteiger partial charge in [0.15, 0.2) is 0 Å². The van der Waals surface area contributed by atoms with E-state index in [0.717, 1.165) is 12.0 Å². The van der Waals surface area contributed by atoms with Gasteiger partial charge in [0.25, 0.3) is 9.05 Å². The van der Waals surface area contributed by atoms with Crippen LogP contribution in [0.15, 0.2) is 59.5 Å². The van der Waals surface area contributed by atoms with Crippen LogP contribution in [0.2, 0.25) is 0 Å². The van der Waals surface area contributed by atoms with Crippen molar-refractivity contribution in [2.24, 2.45) is 0 Å². The molecule has 0 atom stereocenters. The molecule has 0 N–H and O–H groups in total. The molecule has 2 aromatic rings. The normalized spacial score (nSPS) is 10.6. The van der Waals surface area contributed by atoms with Crippen LogP contribution in [0.1, 0.15) is 25.0 Å². The first-order valence-electron chi connectivity index (χ1n) is 6.55. The van der Waals surface area contributed by atoms with E-state index in [1.165, 1.54) is 11.6 Å². The number of hydrogen-bond donors (Lipinski definition) is 0. The number of aryl methyl sites for hydroxylation is 2.